The van der Waals surface area contributed by atoms with E-state index in [4.69, 9.17) is 15.2 Å². The molecule has 7 nitrogen and oxygen atoms in total. The molecule has 2 aromatic rings. The fraction of sp³-hybridized carbons (Fsp3) is 0.435. The predicted octanol–water partition coefficient (Wildman–Crippen LogP) is 2.64. The summed E-state index contributed by atoms with van der Waals surface area (Å²) < 4.78 is 10.6. The molecular weight excluding hydrogens is 378 g/mol. The van der Waals surface area contributed by atoms with Gasteiger partial charge in [0.2, 0.25) is 0 Å². The van der Waals surface area contributed by atoms with Gasteiger partial charge < -0.3 is 25.4 Å². The van der Waals surface area contributed by atoms with Crippen LogP contribution in [0.1, 0.15) is 12.0 Å². The Hall–Kier alpha value is -2.77. The van der Waals surface area contributed by atoms with Gasteiger partial charge in [-0.2, -0.15) is 0 Å². The fourth-order valence-electron chi connectivity index (χ4n) is 3.61. The molecule has 2 aromatic carbocycles. The lowest BCUT2D eigenvalue weighted by molar-refractivity contribution is 0.127. The number of benzene rings is 2. The number of hydrogen-bond donors (Lipinski definition) is 2. The van der Waals surface area contributed by atoms with E-state index in [1.165, 1.54) is 5.56 Å². The number of nitrogens with two attached hydrogens (primary N) is 1. The number of piperazine rings is 1. The molecule has 0 aromatic heterocycles. The van der Waals surface area contributed by atoms with Gasteiger partial charge in [-0.1, -0.05) is 30.3 Å². The van der Waals surface area contributed by atoms with Crippen LogP contribution in [0.15, 0.2) is 53.5 Å². The first kappa shape index (κ1) is 21.9. The zero-order valence-electron chi connectivity index (χ0n) is 18.0. The number of methoxy groups -OCH3 is 2. The van der Waals surface area contributed by atoms with Crippen LogP contribution >= 0.6 is 0 Å². The topological polar surface area (TPSA) is 75.4 Å². The molecule has 0 unspecified atom stereocenters. The smallest absolute Gasteiger partial charge is 0.193 e. The summed E-state index contributed by atoms with van der Waals surface area (Å²) >= 11 is 0. The summed E-state index contributed by atoms with van der Waals surface area (Å²) in [4.78, 5) is 9.48. The molecule has 0 saturated carbocycles. The van der Waals surface area contributed by atoms with E-state index in [9.17, 15) is 0 Å². The quantitative estimate of drug-likeness (QED) is 0.375. The SMILES string of the molecule is COc1ccc(NC(N)=NCCCN2CCN(Cc3ccccc3)CC2)cc1OC. The van der Waals surface area contributed by atoms with E-state index in [2.05, 4.69) is 50.4 Å². The van der Waals surface area contributed by atoms with Gasteiger partial charge in [-0.25, -0.2) is 0 Å². The number of ether oxygens (including phenoxy) is 2. The van der Waals surface area contributed by atoms with Gasteiger partial charge in [-0.15, -0.1) is 0 Å². The summed E-state index contributed by atoms with van der Waals surface area (Å²) in [6, 6.07) is 16.3. The standard InChI is InChI=1S/C23H33N5O2/c1-29-21-10-9-20(17-22(21)30-2)26-23(24)25-11-6-12-27-13-15-28(16-14-27)18-19-7-4-3-5-8-19/h3-5,7-10,17H,6,11-16,18H2,1-2H3,(H3,24,25,26). The van der Waals surface area contributed by atoms with Crippen LogP contribution in [-0.4, -0.2) is 69.2 Å². The van der Waals surface area contributed by atoms with Gasteiger partial charge in [0.15, 0.2) is 17.5 Å². The minimum Gasteiger partial charge on any atom is -0.493 e. The summed E-state index contributed by atoms with van der Waals surface area (Å²) in [5.41, 5.74) is 8.23. The van der Waals surface area contributed by atoms with Crippen molar-refractivity contribution in [1.82, 2.24) is 9.80 Å². The maximum atomic E-state index is 6.03. The molecule has 30 heavy (non-hydrogen) atoms. The van der Waals surface area contributed by atoms with Crippen LogP contribution in [0.4, 0.5) is 5.69 Å². The fourth-order valence-corrected chi connectivity index (χ4v) is 3.61. The first-order valence-electron chi connectivity index (χ1n) is 10.5. The average Bonchev–Trinajstić information content (AvgIpc) is 2.78. The lowest BCUT2D eigenvalue weighted by Gasteiger charge is -2.34. The van der Waals surface area contributed by atoms with Crippen molar-refractivity contribution in [2.24, 2.45) is 10.7 Å². The number of hydrogen-bond acceptors (Lipinski definition) is 5. The highest BCUT2D eigenvalue weighted by Gasteiger charge is 2.16. The Balaban J connectivity index is 1.35. The molecule has 1 aliphatic heterocycles. The number of aliphatic imine (C=N–C) groups is 1. The normalized spacial score (nSPS) is 15.7. The predicted molar refractivity (Wildman–Crippen MR) is 122 cm³/mol. The van der Waals surface area contributed by atoms with E-state index in [-0.39, 0.29) is 0 Å². The van der Waals surface area contributed by atoms with Crippen LogP contribution in [0.5, 0.6) is 11.5 Å². The minimum absolute atomic E-state index is 0.412. The molecule has 0 atom stereocenters. The average molecular weight is 412 g/mol. The highest BCUT2D eigenvalue weighted by Crippen LogP contribution is 2.29. The van der Waals surface area contributed by atoms with Gasteiger partial charge in [-0.3, -0.25) is 9.89 Å². The molecule has 0 radical (unpaired) electrons. The van der Waals surface area contributed by atoms with Crippen LogP contribution in [0.2, 0.25) is 0 Å². The Morgan fingerprint density at radius 3 is 2.37 bits per heavy atom. The van der Waals surface area contributed by atoms with Gasteiger partial charge in [0, 0.05) is 57.6 Å². The molecule has 0 amide bonds. The van der Waals surface area contributed by atoms with E-state index in [0.29, 0.717) is 24.0 Å². The minimum atomic E-state index is 0.412. The number of anilines is 1. The molecule has 3 N–H and O–H groups in total. The van der Waals surface area contributed by atoms with Crippen LogP contribution < -0.4 is 20.5 Å². The highest BCUT2D eigenvalue weighted by molar-refractivity contribution is 5.92. The number of rotatable bonds is 9. The maximum Gasteiger partial charge on any atom is 0.193 e. The van der Waals surface area contributed by atoms with Gasteiger partial charge in [0.05, 0.1) is 14.2 Å². The molecule has 1 aliphatic rings. The Bertz CT molecular complexity index is 804. The van der Waals surface area contributed by atoms with Crippen LogP contribution in [0.3, 0.4) is 0 Å². The van der Waals surface area contributed by atoms with Crippen molar-refractivity contribution < 1.29 is 9.47 Å². The van der Waals surface area contributed by atoms with Crippen molar-refractivity contribution in [3.63, 3.8) is 0 Å². The van der Waals surface area contributed by atoms with Gasteiger partial charge >= 0.3 is 0 Å². The first-order valence-corrected chi connectivity index (χ1v) is 10.5. The molecule has 0 bridgehead atoms. The zero-order chi connectivity index (χ0) is 21.2. The second-order valence-corrected chi connectivity index (χ2v) is 7.42. The molecule has 1 fully saturated rings. The maximum absolute atomic E-state index is 6.03. The molecular formula is C23H33N5O2. The summed E-state index contributed by atoms with van der Waals surface area (Å²) in [6.45, 7) is 7.23. The second kappa shape index (κ2) is 11.4. The van der Waals surface area contributed by atoms with Gasteiger partial charge in [-0.05, 0) is 24.1 Å². The molecule has 0 aliphatic carbocycles. The van der Waals surface area contributed by atoms with Crippen molar-refractivity contribution in [1.29, 1.82) is 0 Å². The van der Waals surface area contributed by atoms with Crippen LogP contribution in [0.25, 0.3) is 0 Å². The first-order chi connectivity index (χ1) is 14.7. The Labute approximate surface area is 179 Å². The molecule has 162 valence electrons. The number of nitrogens with zero attached hydrogens (tertiary/aromatic N) is 3. The molecule has 0 spiro atoms. The number of nitrogens with one attached hydrogen (secondary N) is 1. The van der Waals surface area contributed by atoms with Gasteiger partial charge in [0.1, 0.15) is 0 Å². The summed E-state index contributed by atoms with van der Waals surface area (Å²) in [5.74, 6) is 1.75. The Morgan fingerprint density at radius 1 is 0.967 bits per heavy atom. The summed E-state index contributed by atoms with van der Waals surface area (Å²) in [7, 11) is 3.23. The van der Waals surface area contributed by atoms with E-state index in [1.807, 2.05) is 18.2 Å². The molecule has 1 heterocycles. The van der Waals surface area contributed by atoms with E-state index < -0.39 is 0 Å². The summed E-state index contributed by atoms with van der Waals surface area (Å²) in [5, 5.41) is 3.11. The lowest BCUT2D eigenvalue weighted by Crippen LogP contribution is -2.46. The Morgan fingerprint density at radius 2 is 1.67 bits per heavy atom. The Kier molecular flexibility index (Phi) is 8.35. The van der Waals surface area contributed by atoms with Crippen molar-refractivity contribution in [3.8, 4) is 11.5 Å². The third kappa shape index (κ3) is 6.64. The monoisotopic (exact) mass is 411 g/mol. The van der Waals surface area contributed by atoms with Crippen LogP contribution in [0, 0.1) is 0 Å². The lowest BCUT2D eigenvalue weighted by atomic mass is 10.2. The highest BCUT2D eigenvalue weighted by atomic mass is 16.5. The van der Waals surface area contributed by atoms with Crippen molar-refractivity contribution in [2.75, 3.05) is 58.8 Å². The van der Waals surface area contributed by atoms with Crippen molar-refractivity contribution >= 4 is 11.6 Å². The van der Waals surface area contributed by atoms with E-state index in [0.717, 1.165) is 51.4 Å². The van der Waals surface area contributed by atoms with Crippen molar-refractivity contribution in [3.05, 3.63) is 54.1 Å². The molecule has 7 heteroatoms. The van der Waals surface area contributed by atoms with Gasteiger partial charge in [0.25, 0.3) is 0 Å². The zero-order valence-corrected chi connectivity index (χ0v) is 18.0. The summed E-state index contributed by atoms with van der Waals surface area (Å²) in [6.07, 6.45) is 0.993. The van der Waals surface area contributed by atoms with E-state index >= 15 is 0 Å². The molecule has 1 saturated heterocycles. The largest absolute Gasteiger partial charge is 0.493 e. The van der Waals surface area contributed by atoms with E-state index in [1.54, 1.807) is 14.2 Å². The second-order valence-electron chi connectivity index (χ2n) is 7.42. The third-order valence-corrected chi connectivity index (χ3v) is 5.28. The van der Waals surface area contributed by atoms with Crippen molar-refractivity contribution in [2.45, 2.75) is 13.0 Å². The molecule has 3 rings (SSSR count). The van der Waals surface area contributed by atoms with Crippen LogP contribution in [-0.2, 0) is 6.54 Å². The third-order valence-electron chi connectivity index (χ3n) is 5.28. The number of guanidine groups is 1.